The van der Waals surface area contributed by atoms with E-state index in [0.29, 0.717) is 5.82 Å². The summed E-state index contributed by atoms with van der Waals surface area (Å²) in [4.78, 5) is 10.5. The average molecular weight is 677 g/mol. The van der Waals surface area contributed by atoms with Crippen LogP contribution in [-0.2, 0) is 0 Å². The Morgan fingerprint density at radius 3 is 1.74 bits per heavy atom. The molecule has 10 aromatic rings. The average Bonchev–Trinajstić information content (AvgIpc) is 3.63. The van der Waals surface area contributed by atoms with E-state index in [9.17, 15) is 0 Å². The molecule has 0 spiro atoms. The van der Waals surface area contributed by atoms with Crippen LogP contribution < -0.4 is 0 Å². The summed E-state index contributed by atoms with van der Waals surface area (Å²) in [5, 5.41) is 4.63. The van der Waals surface area contributed by atoms with E-state index in [1.165, 1.54) is 16.3 Å². The van der Waals surface area contributed by atoms with Crippen LogP contribution in [0, 0.1) is 0 Å². The van der Waals surface area contributed by atoms with Crippen molar-refractivity contribution in [3.05, 3.63) is 194 Å². The second-order valence-corrected chi connectivity index (χ2v) is 13.3. The van der Waals surface area contributed by atoms with Crippen molar-refractivity contribution in [1.29, 1.82) is 0 Å². The topological polar surface area (TPSA) is 38.9 Å². The zero-order chi connectivity index (χ0) is 35.1. The van der Waals surface area contributed by atoms with E-state index in [0.717, 1.165) is 77.8 Å². The second-order valence-electron chi connectivity index (χ2n) is 13.3. The molecule has 3 heteroatoms. The van der Waals surface area contributed by atoms with E-state index in [4.69, 9.17) is 14.4 Å². The lowest BCUT2D eigenvalue weighted by atomic mass is 9.92. The number of furan rings is 1. The lowest BCUT2D eigenvalue weighted by Crippen LogP contribution is -1.97. The molecule has 0 radical (unpaired) electrons. The van der Waals surface area contributed by atoms with Gasteiger partial charge in [-0.3, -0.25) is 0 Å². The number of nitrogens with zero attached hydrogens (tertiary/aromatic N) is 2. The summed E-state index contributed by atoms with van der Waals surface area (Å²) in [5.74, 6) is 0.678. The molecule has 248 valence electrons. The number of fused-ring (bicyclic) bond motifs is 4. The zero-order valence-corrected chi connectivity index (χ0v) is 28.8. The molecule has 0 N–H and O–H groups in total. The van der Waals surface area contributed by atoms with Gasteiger partial charge in [0, 0.05) is 33.0 Å². The second kappa shape index (κ2) is 12.9. The Morgan fingerprint density at radius 1 is 0.321 bits per heavy atom. The number of para-hydroxylation sites is 2. The first-order valence-electron chi connectivity index (χ1n) is 17.9. The molecular formula is C50H32N2O. The van der Waals surface area contributed by atoms with Crippen LogP contribution in [0.4, 0.5) is 0 Å². The van der Waals surface area contributed by atoms with Crippen molar-refractivity contribution in [2.45, 2.75) is 0 Å². The maximum atomic E-state index is 6.54. The fourth-order valence-electron chi connectivity index (χ4n) is 7.55. The lowest BCUT2D eigenvalue weighted by molar-refractivity contribution is 0.670. The van der Waals surface area contributed by atoms with Crippen molar-refractivity contribution in [3.63, 3.8) is 0 Å². The van der Waals surface area contributed by atoms with Gasteiger partial charge < -0.3 is 4.42 Å². The van der Waals surface area contributed by atoms with Gasteiger partial charge in [-0.25, -0.2) is 9.97 Å². The van der Waals surface area contributed by atoms with Crippen molar-refractivity contribution in [2.75, 3.05) is 0 Å². The molecule has 0 amide bonds. The third-order valence-corrected chi connectivity index (χ3v) is 10.1. The minimum atomic E-state index is 0.678. The summed E-state index contributed by atoms with van der Waals surface area (Å²) in [6.07, 6.45) is 0. The summed E-state index contributed by atoms with van der Waals surface area (Å²) in [6.45, 7) is 0. The molecule has 0 bridgehead atoms. The molecule has 0 aliphatic carbocycles. The Bertz CT molecular complexity index is 2940. The molecule has 0 saturated carbocycles. The molecule has 10 rings (SSSR count). The third kappa shape index (κ3) is 5.56. The minimum Gasteiger partial charge on any atom is -0.455 e. The van der Waals surface area contributed by atoms with Gasteiger partial charge >= 0.3 is 0 Å². The zero-order valence-electron chi connectivity index (χ0n) is 28.8. The van der Waals surface area contributed by atoms with E-state index in [-0.39, 0.29) is 0 Å². The highest BCUT2D eigenvalue weighted by Crippen LogP contribution is 2.41. The Balaban J connectivity index is 1.22. The highest BCUT2D eigenvalue weighted by Gasteiger charge is 2.18. The van der Waals surface area contributed by atoms with E-state index in [2.05, 4.69) is 164 Å². The monoisotopic (exact) mass is 676 g/mol. The van der Waals surface area contributed by atoms with Gasteiger partial charge in [-0.05, 0) is 68.9 Å². The SMILES string of the molecule is c1ccc(-c2cc(-c3cc(-c4ccccc4-c4cccc5ccccc45)nc(-c4ccccc4)n3)cc(-c3cccc4c3oc3ccccc34)c2)cc1. The Kier molecular flexibility index (Phi) is 7.47. The largest absolute Gasteiger partial charge is 0.455 e. The van der Waals surface area contributed by atoms with Crippen LogP contribution in [0.5, 0.6) is 0 Å². The standard InChI is InChI=1S/C50H32N2O/c1-3-15-33(16-4-1)36-29-37(40-25-14-27-45-44-24-11-12-28-48(44)53-49(40)45)31-38(30-36)46-32-47(52-50(51-46)35-18-5-2-6-19-35)43-23-10-9-22-42(43)41-26-13-20-34-17-7-8-21-39(34)41/h1-32H. The van der Waals surface area contributed by atoms with E-state index < -0.39 is 0 Å². The van der Waals surface area contributed by atoms with Gasteiger partial charge in [-0.15, -0.1) is 0 Å². The number of benzene rings is 8. The van der Waals surface area contributed by atoms with Crippen molar-refractivity contribution in [2.24, 2.45) is 0 Å². The maximum absolute atomic E-state index is 6.54. The van der Waals surface area contributed by atoms with Crippen molar-refractivity contribution in [3.8, 4) is 67.3 Å². The Morgan fingerprint density at radius 2 is 0.887 bits per heavy atom. The molecule has 53 heavy (non-hydrogen) atoms. The summed E-state index contributed by atoms with van der Waals surface area (Å²) >= 11 is 0. The van der Waals surface area contributed by atoms with Crippen LogP contribution in [0.3, 0.4) is 0 Å². The number of hydrogen-bond acceptors (Lipinski definition) is 3. The molecule has 0 saturated heterocycles. The Labute approximate surface area is 307 Å². The van der Waals surface area contributed by atoms with Crippen LogP contribution in [0.25, 0.3) is 100.0 Å². The predicted molar refractivity (Wildman–Crippen MR) is 219 cm³/mol. The van der Waals surface area contributed by atoms with Crippen molar-refractivity contribution in [1.82, 2.24) is 9.97 Å². The van der Waals surface area contributed by atoms with Crippen LogP contribution in [0.15, 0.2) is 199 Å². The van der Waals surface area contributed by atoms with Gasteiger partial charge in [0.05, 0.1) is 11.4 Å². The lowest BCUT2D eigenvalue weighted by Gasteiger charge is -2.15. The molecule has 8 aromatic carbocycles. The number of aromatic nitrogens is 2. The summed E-state index contributed by atoms with van der Waals surface area (Å²) in [7, 11) is 0. The highest BCUT2D eigenvalue weighted by atomic mass is 16.3. The molecule has 0 atom stereocenters. The predicted octanol–water partition coefficient (Wildman–Crippen LogP) is 13.5. The fourth-order valence-corrected chi connectivity index (χ4v) is 7.55. The molecule has 0 aliphatic heterocycles. The van der Waals surface area contributed by atoms with Gasteiger partial charge in [-0.2, -0.15) is 0 Å². The molecule has 0 unspecified atom stereocenters. The molecule has 0 fully saturated rings. The minimum absolute atomic E-state index is 0.678. The van der Waals surface area contributed by atoms with E-state index >= 15 is 0 Å². The first kappa shape index (κ1) is 30.7. The maximum Gasteiger partial charge on any atom is 0.160 e. The molecular weight excluding hydrogens is 645 g/mol. The van der Waals surface area contributed by atoms with Gasteiger partial charge in [0.25, 0.3) is 0 Å². The molecule has 3 nitrogen and oxygen atoms in total. The normalized spacial score (nSPS) is 11.4. The fraction of sp³-hybridized carbons (Fsp3) is 0. The summed E-state index contributed by atoms with van der Waals surface area (Å²) in [5.41, 5.74) is 13.1. The Hall–Kier alpha value is -7.10. The molecule has 0 aliphatic rings. The van der Waals surface area contributed by atoms with Crippen molar-refractivity contribution >= 4 is 32.7 Å². The van der Waals surface area contributed by atoms with Gasteiger partial charge in [0.1, 0.15) is 11.2 Å². The van der Waals surface area contributed by atoms with E-state index in [1.807, 2.05) is 30.3 Å². The van der Waals surface area contributed by atoms with E-state index in [1.54, 1.807) is 0 Å². The third-order valence-electron chi connectivity index (χ3n) is 10.1. The van der Waals surface area contributed by atoms with Crippen LogP contribution in [-0.4, -0.2) is 9.97 Å². The number of rotatable bonds is 6. The van der Waals surface area contributed by atoms with Gasteiger partial charge in [-0.1, -0.05) is 164 Å². The van der Waals surface area contributed by atoms with Crippen LogP contribution in [0.1, 0.15) is 0 Å². The summed E-state index contributed by atoms with van der Waals surface area (Å²) in [6, 6.07) is 68.0. The van der Waals surface area contributed by atoms with Crippen LogP contribution >= 0.6 is 0 Å². The smallest absolute Gasteiger partial charge is 0.160 e. The first-order valence-corrected chi connectivity index (χ1v) is 17.9. The van der Waals surface area contributed by atoms with Gasteiger partial charge in [0.15, 0.2) is 5.82 Å². The quantitative estimate of drug-likeness (QED) is 0.176. The van der Waals surface area contributed by atoms with Crippen LogP contribution in [0.2, 0.25) is 0 Å². The first-order chi connectivity index (χ1) is 26.3. The summed E-state index contributed by atoms with van der Waals surface area (Å²) < 4.78 is 6.54. The van der Waals surface area contributed by atoms with Gasteiger partial charge in [0.2, 0.25) is 0 Å². The van der Waals surface area contributed by atoms with Crippen molar-refractivity contribution < 1.29 is 4.42 Å². The highest BCUT2D eigenvalue weighted by molar-refractivity contribution is 6.10. The number of hydrogen-bond donors (Lipinski definition) is 0. The molecule has 2 aromatic heterocycles. The molecule has 2 heterocycles.